The third-order valence-corrected chi connectivity index (χ3v) is 3.61. The molecule has 0 aromatic heterocycles. The zero-order chi connectivity index (χ0) is 13.7. The fourth-order valence-corrected chi connectivity index (χ4v) is 2.43. The molecule has 0 saturated carbocycles. The Morgan fingerprint density at radius 3 is 2.10 bits per heavy atom. The van der Waals surface area contributed by atoms with Crippen molar-refractivity contribution >= 4 is 27.8 Å². The van der Waals surface area contributed by atoms with Gasteiger partial charge in [-0.1, -0.05) is 36.4 Å². The van der Waals surface area contributed by atoms with Gasteiger partial charge in [-0.3, -0.25) is 0 Å². The summed E-state index contributed by atoms with van der Waals surface area (Å²) in [6.45, 7) is 1.75. The maximum absolute atomic E-state index is 13.2. The molecule has 0 unspecified atom stereocenters. The molecule has 98 valence electrons. The fraction of sp³-hybridized carbons (Fsp3) is 0.0588. The second-order valence-electron chi connectivity index (χ2n) is 5.03. The van der Waals surface area contributed by atoms with Crippen LogP contribution >= 0.6 is 0 Å². The van der Waals surface area contributed by atoms with E-state index in [1.165, 1.54) is 16.8 Å². The first-order valence-electron chi connectivity index (χ1n) is 6.53. The number of nitrogens with zero attached hydrogens (tertiary/aromatic N) is 2. The van der Waals surface area contributed by atoms with Gasteiger partial charge in [-0.25, -0.2) is 4.39 Å². The van der Waals surface area contributed by atoms with Crippen molar-refractivity contribution in [2.24, 2.45) is 0 Å². The van der Waals surface area contributed by atoms with Crippen molar-refractivity contribution in [2.75, 3.05) is 5.01 Å². The van der Waals surface area contributed by atoms with Crippen LogP contribution in [0.3, 0.4) is 0 Å². The van der Waals surface area contributed by atoms with E-state index in [9.17, 15) is 4.39 Å². The maximum atomic E-state index is 13.2. The maximum Gasteiger partial charge on any atom is 1.00 e. The number of anilines is 2. The summed E-state index contributed by atoms with van der Waals surface area (Å²) < 4.78 is 13.2. The summed E-state index contributed by atoms with van der Waals surface area (Å²) in [5.41, 5.74) is 8.14. The molecular weight excluding hydrogens is 290 g/mol. The van der Waals surface area contributed by atoms with E-state index < -0.39 is 0 Å². The summed E-state index contributed by atoms with van der Waals surface area (Å²) in [6.07, 6.45) is 0. The Hall–Kier alpha value is -0.914. The van der Waals surface area contributed by atoms with Crippen molar-refractivity contribution in [1.82, 2.24) is 0 Å². The Morgan fingerprint density at radius 2 is 1.52 bits per heavy atom. The van der Waals surface area contributed by atoms with Crippen LogP contribution in [0.2, 0.25) is 0 Å². The topological polar surface area (TPSA) is 17.1 Å². The molecule has 0 saturated heterocycles. The molecule has 0 atom stereocenters. The van der Waals surface area contributed by atoms with Crippen molar-refractivity contribution in [1.29, 1.82) is 0 Å². The van der Waals surface area contributed by atoms with Crippen LogP contribution in [0.15, 0.2) is 54.6 Å². The minimum absolute atomic E-state index is 0. The second-order valence-corrected chi connectivity index (χ2v) is 5.03. The van der Waals surface area contributed by atoms with Gasteiger partial charge in [0, 0.05) is 0 Å². The van der Waals surface area contributed by atoms with E-state index in [0.29, 0.717) is 5.56 Å². The molecule has 4 rings (SSSR count). The molecule has 0 bridgehead atoms. The second kappa shape index (κ2) is 5.70. The van der Waals surface area contributed by atoms with E-state index in [-0.39, 0.29) is 57.2 Å². The number of aryl methyl sites for hydroxylation is 1. The van der Waals surface area contributed by atoms with E-state index in [0.717, 1.165) is 17.1 Å². The summed E-state index contributed by atoms with van der Waals surface area (Å²) >= 11 is 0. The molecule has 0 aliphatic carbocycles. The van der Waals surface area contributed by atoms with Crippen molar-refractivity contribution in [3.8, 4) is 0 Å². The summed E-state index contributed by atoms with van der Waals surface area (Å²) in [6, 6.07) is 17.4. The number of rotatable bonds is 2. The van der Waals surface area contributed by atoms with Gasteiger partial charge in [0.2, 0.25) is 0 Å². The van der Waals surface area contributed by atoms with Gasteiger partial charge in [0.15, 0.2) is 0 Å². The van der Waals surface area contributed by atoms with Crippen LogP contribution in [-0.2, 0) is 0 Å². The molecule has 0 N–H and O–H groups in total. The van der Waals surface area contributed by atoms with Crippen LogP contribution in [0, 0.1) is 12.7 Å². The van der Waals surface area contributed by atoms with E-state index in [4.69, 9.17) is 0 Å². The van der Waals surface area contributed by atoms with E-state index in [2.05, 4.69) is 29.7 Å². The number of fused-ring (bicyclic) bond motifs is 2. The first-order chi connectivity index (χ1) is 9.72. The fourth-order valence-electron chi connectivity index (χ4n) is 2.43. The standard InChI is InChI=1S/C17H12FN2.K/c1-11-8-14(6-7-15(11)18)19-20-16-9-12-4-2-3-5-13(12)10-17(16)20;/h2-10H,1H3;/q-1;+1. The normalized spacial score (nSPS) is 11.8. The van der Waals surface area contributed by atoms with Crippen molar-refractivity contribution in [2.45, 2.75) is 6.92 Å². The van der Waals surface area contributed by atoms with Gasteiger partial charge in [0.1, 0.15) is 5.82 Å². The van der Waals surface area contributed by atoms with Crippen molar-refractivity contribution < 1.29 is 55.8 Å². The van der Waals surface area contributed by atoms with E-state index in [1.807, 2.05) is 17.1 Å². The molecule has 1 heterocycles. The van der Waals surface area contributed by atoms with Gasteiger partial charge in [-0.15, -0.1) is 5.69 Å². The Balaban J connectivity index is 0.00000132. The van der Waals surface area contributed by atoms with Gasteiger partial charge in [0.25, 0.3) is 0 Å². The SMILES string of the molecule is Cc1cc([N-]N2c3cc4ccccc4cc32)ccc1F.[K+]. The molecule has 21 heavy (non-hydrogen) atoms. The Bertz CT molecular complexity index is 790. The molecule has 3 aromatic rings. The van der Waals surface area contributed by atoms with Gasteiger partial charge < -0.3 is 10.4 Å². The van der Waals surface area contributed by atoms with E-state index >= 15 is 0 Å². The summed E-state index contributed by atoms with van der Waals surface area (Å²) in [7, 11) is 0. The van der Waals surface area contributed by atoms with Crippen LogP contribution in [0.1, 0.15) is 5.56 Å². The molecule has 0 radical (unpaired) electrons. The Labute approximate surface area is 165 Å². The average Bonchev–Trinajstić information content (AvgIpc) is 3.12. The number of halogens is 1. The number of hydrogen-bond donors (Lipinski definition) is 0. The van der Waals surface area contributed by atoms with E-state index in [1.54, 1.807) is 19.1 Å². The summed E-state index contributed by atoms with van der Waals surface area (Å²) in [5.74, 6) is -0.196. The van der Waals surface area contributed by atoms with Crippen molar-refractivity contribution in [3.05, 3.63) is 71.4 Å². The number of hydrogen-bond acceptors (Lipinski definition) is 1. The van der Waals surface area contributed by atoms with Crippen LogP contribution in [-0.4, -0.2) is 0 Å². The van der Waals surface area contributed by atoms with Crippen LogP contribution < -0.4 is 56.4 Å². The van der Waals surface area contributed by atoms with Crippen LogP contribution in [0.5, 0.6) is 0 Å². The first kappa shape index (κ1) is 15.0. The summed E-state index contributed by atoms with van der Waals surface area (Å²) in [5, 5.41) is 4.31. The molecule has 1 aliphatic rings. The quantitative estimate of drug-likeness (QED) is 0.525. The van der Waals surface area contributed by atoms with Gasteiger partial charge in [0.05, 0.1) is 11.4 Å². The Morgan fingerprint density at radius 1 is 0.905 bits per heavy atom. The summed E-state index contributed by atoms with van der Waals surface area (Å²) in [4.78, 5) is 0. The zero-order valence-corrected chi connectivity index (χ0v) is 15.1. The predicted octanol–water partition coefficient (Wildman–Crippen LogP) is 2.36. The molecule has 0 fully saturated rings. The third-order valence-electron chi connectivity index (χ3n) is 3.61. The molecule has 0 spiro atoms. The molecule has 1 aliphatic heterocycles. The Kier molecular flexibility index (Phi) is 4.07. The van der Waals surface area contributed by atoms with Gasteiger partial charge >= 0.3 is 51.4 Å². The minimum Gasteiger partial charge on any atom is -0.590 e. The van der Waals surface area contributed by atoms with Gasteiger partial charge in [-0.05, 0) is 41.5 Å². The molecular formula is C17H12FKN2. The zero-order valence-electron chi connectivity index (χ0n) is 12.0. The van der Waals surface area contributed by atoms with Crippen molar-refractivity contribution in [3.63, 3.8) is 0 Å². The van der Waals surface area contributed by atoms with Gasteiger partial charge in [-0.2, -0.15) is 0 Å². The monoisotopic (exact) mass is 302 g/mol. The first-order valence-corrected chi connectivity index (χ1v) is 6.53. The third kappa shape index (κ3) is 2.74. The molecule has 0 amide bonds. The number of benzene rings is 3. The molecule has 4 heteroatoms. The predicted molar refractivity (Wildman–Crippen MR) is 80.2 cm³/mol. The molecule has 2 nitrogen and oxygen atoms in total. The van der Waals surface area contributed by atoms with Crippen LogP contribution in [0.25, 0.3) is 16.2 Å². The average molecular weight is 302 g/mol. The molecule has 3 aromatic carbocycles. The largest absolute Gasteiger partial charge is 1.00 e. The van der Waals surface area contributed by atoms with Crippen LogP contribution in [0.4, 0.5) is 21.5 Å². The minimum atomic E-state index is -0.196. The smallest absolute Gasteiger partial charge is 0.590 e.